The molecule has 0 aliphatic carbocycles. The molecule has 0 spiro atoms. The van der Waals surface area contributed by atoms with Gasteiger partial charge in [0.2, 0.25) is 0 Å². The summed E-state index contributed by atoms with van der Waals surface area (Å²) in [4.78, 5) is 16.8. The molecule has 0 bridgehead atoms. The lowest BCUT2D eigenvalue weighted by atomic mass is 9.78. The van der Waals surface area contributed by atoms with Crippen molar-refractivity contribution in [3.63, 3.8) is 0 Å². The van der Waals surface area contributed by atoms with Crippen LogP contribution >= 0.6 is 0 Å². The lowest BCUT2D eigenvalue weighted by Crippen LogP contribution is -2.41. The number of rotatable bonds is 2. The summed E-state index contributed by atoms with van der Waals surface area (Å²) in [6.45, 7) is 13.4. The minimum absolute atomic E-state index is 0.465. The first-order valence-electron chi connectivity index (χ1n) is 8.99. The average Bonchev–Trinajstić information content (AvgIpc) is 3.03. The largest absolute Gasteiger partial charge is 0.498 e. The van der Waals surface area contributed by atoms with Crippen molar-refractivity contribution in [2.45, 2.75) is 65.3 Å². The molecule has 2 aromatic rings. The van der Waals surface area contributed by atoms with Crippen molar-refractivity contribution in [2.75, 3.05) is 7.11 Å². The van der Waals surface area contributed by atoms with Crippen LogP contribution in [0, 0.1) is 0 Å². The van der Waals surface area contributed by atoms with Crippen LogP contribution in [0.25, 0.3) is 11.0 Å². The third-order valence-corrected chi connectivity index (χ3v) is 5.00. The summed E-state index contributed by atoms with van der Waals surface area (Å²) >= 11 is 0. The van der Waals surface area contributed by atoms with Gasteiger partial charge in [-0.2, -0.15) is 0 Å². The minimum atomic E-state index is -0.597. The predicted octanol–water partition coefficient (Wildman–Crippen LogP) is 3.13. The van der Waals surface area contributed by atoms with E-state index in [2.05, 4.69) is 4.98 Å². The lowest BCUT2D eigenvalue weighted by molar-refractivity contribution is 0.00578. The predicted molar refractivity (Wildman–Crippen MR) is 104 cm³/mol. The van der Waals surface area contributed by atoms with E-state index in [0.29, 0.717) is 16.8 Å². The number of benzene rings is 1. The molecule has 0 N–H and O–H groups in total. The standard InChI is InChI=1S/C19H27BN2O5/c1-17(2,3)25-16(23)22-11-21-14-13(22)10-9-12(15(14)24-8)20-26-18(4,5)19(6,7)27-20/h9-11H,1-8H3. The third-order valence-electron chi connectivity index (χ3n) is 5.00. The van der Waals surface area contributed by atoms with E-state index in [1.807, 2.05) is 54.5 Å². The smallest absolute Gasteiger partial charge is 0.495 e. The van der Waals surface area contributed by atoms with E-state index in [1.54, 1.807) is 13.2 Å². The Morgan fingerprint density at radius 1 is 1.15 bits per heavy atom. The van der Waals surface area contributed by atoms with Crippen LogP contribution in [0.15, 0.2) is 18.5 Å². The van der Waals surface area contributed by atoms with Gasteiger partial charge in [-0.1, -0.05) is 6.07 Å². The fraction of sp³-hybridized carbons (Fsp3) is 0.579. The summed E-state index contributed by atoms with van der Waals surface area (Å²) in [6, 6.07) is 3.64. The fourth-order valence-electron chi connectivity index (χ4n) is 2.90. The Morgan fingerprint density at radius 2 is 1.74 bits per heavy atom. The van der Waals surface area contributed by atoms with Crippen molar-refractivity contribution in [3.8, 4) is 5.75 Å². The number of nitrogens with zero attached hydrogens (tertiary/aromatic N) is 2. The van der Waals surface area contributed by atoms with Gasteiger partial charge in [-0.05, 0) is 54.5 Å². The van der Waals surface area contributed by atoms with E-state index in [0.717, 1.165) is 5.46 Å². The number of hydrogen-bond acceptors (Lipinski definition) is 6. The molecule has 146 valence electrons. The molecular formula is C19H27BN2O5. The Bertz CT molecular complexity index is 866. The summed E-state index contributed by atoms with van der Waals surface area (Å²) in [5, 5.41) is 0. The number of ether oxygens (including phenoxy) is 2. The van der Waals surface area contributed by atoms with Crippen LogP contribution in [0.1, 0.15) is 48.5 Å². The molecule has 1 aromatic heterocycles. The first-order valence-corrected chi connectivity index (χ1v) is 8.99. The maximum absolute atomic E-state index is 12.5. The van der Waals surface area contributed by atoms with Crippen LogP contribution in [0.2, 0.25) is 0 Å². The normalized spacial score (nSPS) is 18.7. The molecule has 8 heteroatoms. The summed E-state index contributed by atoms with van der Waals surface area (Å²) in [5.74, 6) is 0.522. The second-order valence-electron chi connectivity index (χ2n) is 8.74. The number of carbonyl (C=O) groups is 1. The zero-order valence-electron chi connectivity index (χ0n) is 17.2. The second kappa shape index (κ2) is 6.24. The number of carbonyl (C=O) groups excluding carboxylic acids is 1. The van der Waals surface area contributed by atoms with E-state index >= 15 is 0 Å². The van der Waals surface area contributed by atoms with Crippen LogP contribution in [0.3, 0.4) is 0 Å². The zero-order chi connectivity index (χ0) is 20.2. The highest BCUT2D eigenvalue weighted by atomic mass is 16.7. The molecule has 1 aliphatic rings. The van der Waals surface area contributed by atoms with Crippen molar-refractivity contribution in [2.24, 2.45) is 0 Å². The molecule has 1 fully saturated rings. The van der Waals surface area contributed by atoms with E-state index in [4.69, 9.17) is 18.8 Å². The Labute approximate surface area is 160 Å². The Balaban J connectivity index is 2.03. The maximum Gasteiger partial charge on any atom is 0.498 e. The molecule has 27 heavy (non-hydrogen) atoms. The first kappa shape index (κ1) is 19.7. The van der Waals surface area contributed by atoms with E-state index in [1.165, 1.54) is 10.9 Å². The molecule has 0 amide bonds. The van der Waals surface area contributed by atoms with E-state index < -0.39 is 30.0 Å². The van der Waals surface area contributed by atoms with Crippen molar-refractivity contribution in [1.82, 2.24) is 9.55 Å². The first-order chi connectivity index (χ1) is 12.4. The van der Waals surface area contributed by atoms with Gasteiger partial charge in [-0.3, -0.25) is 0 Å². The van der Waals surface area contributed by atoms with Gasteiger partial charge < -0.3 is 18.8 Å². The van der Waals surface area contributed by atoms with Crippen LogP contribution in [0.5, 0.6) is 5.75 Å². The highest BCUT2D eigenvalue weighted by molar-refractivity contribution is 6.63. The maximum atomic E-state index is 12.5. The van der Waals surface area contributed by atoms with Gasteiger partial charge >= 0.3 is 13.2 Å². The zero-order valence-corrected chi connectivity index (χ0v) is 17.2. The SMILES string of the molecule is COc1c(B2OC(C)(C)C(C)(C)O2)ccc2c1ncn2C(=O)OC(C)(C)C. The quantitative estimate of drug-likeness (QED) is 0.753. The van der Waals surface area contributed by atoms with Gasteiger partial charge in [-0.25, -0.2) is 14.3 Å². The Hall–Kier alpha value is -2.06. The lowest BCUT2D eigenvalue weighted by Gasteiger charge is -2.32. The molecular weight excluding hydrogens is 347 g/mol. The van der Waals surface area contributed by atoms with Crippen molar-refractivity contribution in [3.05, 3.63) is 18.5 Å². The molecule has 0 radical (unpaired) electrons. The van der Waals surface area contributed by atoms with Gasteiger partial charge in [0, 0.05) is 5.46 Å². The monoisotopic (exact) mass is 374 g/mol. The van der Waals surface area contributed by atoms with Crippen molar-refractivity contribution >= 4 is 29.7 Å². The number of imidazole rings is 1. The van der Waals surface area contributed by atoms with Crippen LogP contribution in [-0.4, -0.2) is 46.7 Å². The number of methoxy groups -OCH3 is 1. The number of fused-ring (bicyclic) bond motifs is 1. The molecule has 1 saturated heterocycles. The van der Waals surface area contributed by atoms with Crippen LogP contribution in [-0.2, 0) is 14.0 Å². The van der Waals surface area contributed by atoms with Gasteiger partial charge in [0.1, 0.15) is 23.2 Å². The molecule has 0 saturated carbocycles. The molecule has 0 unspecified atom stereocenters. The topological polar surface area (TPSA) is 71.8 Å². The molecule has 0 atom stereocenters. The highest BCUT2D eigenvalue weighted by Gasteiger charge is 2.52. The summed E-state index contributed by atoms with van der Waals surface area (Å²) < 4.78 is 24.7. The summed E-state index contributed by atoms with van der Waals surface area (Å²) in [6.07, 6.45) is 0.949. The molecule has 1 aromatic carbocycles. The third kappa shape index (κ3) is 3.43. The Kier molecular flexibility index (Phi) is 4.55. The number of hydrogen-bond donors (Lipinski definition) is 0. The highest BCUT2D eigenvalue weighted by Crippen LogP contribution is 2.38. The number of aromatic nitrogens is 2. The summed E-state index contributed by atoms with van der Waals surface area (Å²) in [7, 11) is 0.983. The van der Waals surface area contributed by atoms with Gasteiger partial charge in [0.15, 0.2) is 0 Å². The van der Waals surface area contributed by atoms with Gasteiger partial charge in [-0.15, -0.1) is 0 Å². The Morgan fingerprint density at radius 3 is 2.26 bits per heavy atom. The van der Waals surface area contributed by atoms with Gasteiger partial charge in [0.25, 0.3) is 0 Å². The molecule has 3 rings (SSSR count). The van der Waals surface area contributed by atoms with Crippen molar-refractivity contribution < 1.29 is 23.6 Å². The fourth-order valence-corrected chi connectivity index (χ4v) is 2.90. The molecule has 1 aliphatic heterocycles. The van der Waals surface area contributed by atoms with Gasteiger partial charge in [0.05, 0.1) is 23.8 Å². The average molecular weight is 374 g/mol. The summed E-state index contributed by atoms with van der Waals surface area (Å²) in [5.41, 5.74) is 0.358. The minimum Gasteiger partial charge on any atom is -0.495 e. The van der Waals surface area contributed by atoms with Crippen molar-refractivity contribution in [1.29, 1.82) is 0 Å². The second-order valence-corrected chi connectivity index (χ2v) is 8.74. The van der Waals surface area contributed by atoms with E-state index in [-0.39, 0.29) is 0 Å². The molecule has 7 nitrogen and oxygen atoms in total. The van der Waals surface area contributed by atoms with Crippen LogP contribution < -0.4 is 10.2 Å². The van der Waals surface area contributed by atoms with E-state index in [9.17, 15) is 4.79 Å². The molecule has 2 heterocycles. The van der Waals surface area contributed by atoms with Crippen LogP contribution in [0.4, 0.5) is 4.79 Å².